The second-order valence-corrected chi connectivity index (χ2v) is 7.18. The molecule has 20 heavy (non-hydrogen) atoms. The minimum absolute atomic E-state index is 0.0953. The number of aryl methyl sites for hydroxylation is 1. The summed E-state index contributed by atoms with van der Waals surface area (Å²) in [7, 11) is 1.95. The van der Waals surface area contributed by atoms with Gasteiger partial charge >= 0.3 is 0 Å². The number of aromatic nitrogens is 2. The fraction of sp³-hybridized carbons (Fsp3) is 0.786. The zero-order valence-corrected chi connectivity index (χ0v) is 12.9. The predicted octanol–water partition coefficient (Wildman–Crippen LogP) is 1.62. The highest BCUT2D eigenvalue weighted by Gasteiger charge is 2.41. The Labute approximate surface area is 124 Å². The topological polar surface area (TPSA) is 65.1 Å². The molecule has 0 bridgehead atoms. The molecule has 112 valence electrons. The standard InChI is InChI=1S/C14H24N4OS/c1-18-6-2-12(17-18)13(16-15)11-3-7-19-14(10-11)4-8-20-9-5-14/h2,6,11,13,16H,3-5,7-10,15H2,1H3. The van der Waals surface area contributed by atoms with Crippen molar-refractivity contribution in [3.8, 4) is 0 Å². The van der Waals surface area contributed by atoms with Gasteiger partial charge in [-0.2, -0.15) is 16.9 Å². The van der Waals surface area contributed by atoms with Crippen molar-refractivity contribution in [3.63, 3.8) is 0 Å². The van der Waals surface area contributed by atoms with E-state index in [1.54, 1.807) is 0 Å². The van der Waals surface area contributed by atoms with Crippen molar-refractivity contribution in [2.45, 2.75) is 37.3 Å². The summed E-state index contributed by atoms with van der Waals surface area (Å²) in [6, 6.07) is 2.19. The zero-order valence-electron chi connectivity index (χ0n) is 12.0. The van der Waals surface area contributed by atoms with E-state index in [1.807, 2.05) is 29.7 Å². The number of nitrogens with zero attached hydrogens (tertiary/aromatic N) is 2. The molecular formula is C14H24N4OS. The lowest BCUT2D eigenvalue weighted by molar-refractivity contribution is -0.107. The van der Waals surface area contributed by atoms with E-state index in [4.69, 9.17) is 10.6 Å². The van der Waals surface area contributed by atoms with Gasteiger partial charge in [0.2, 0.25) is 0 Å². The summed E-state index contributed by atoms with van der Waals surface area (Å²) in [6.07, 6.45) is 6.48. The van der Waals surface area contributed by atoms with Crippen LogP contribution < -0.4 is 11.3 Å². The van der Waals surface area contributed by atoms with E-state index in [2.05, 4.69) is 16.6 Å². The smallest absolute Gasteiger partial charge is 0.0810 e. The molecule has 1 aromatic rings. The lowest BCUT2D eigenvalue weighted by Crippen LogP contribution is -2.46. The third-order valence-corrected chi connectivity index (χ3v) is 5.62. The molecular weight excluding hydrogens is 272 g/mol. The van der Waals surface area contributed by atoms with Gasteiger partial charge < -0.3 is 4.74 Å². The highest BCUT2D eigenvalue weighted by Crippen LogP contribution is 2.43. The van der Waals surface area contributed by atoms with Crippen molar-refractivity contribution in [2.75, 3.05) is 18.1 Å². The van der Waals surface area contributed by atoms with Gasteiger partial charge in [-0.3, -0.25) is 16.0 Å². The van der Waals surface area contributed by atoms with E-state index >= 15 is 0 Å². The van der Waals surface area contributed by atoms with E-state index in [9.17, 15) is 0 Å². The van der Waals surface area contributed by atoms with Gasteiger partial charge in [-0.25, -0.2) is 0 Å². The van der Waals surface area contributed by atoms with Crippen LogP contribution >= 0.6 is 11.8 Å². The highest BCUT2D eigenvalue weighted by atomic mass is 32.2. The third-order valence-electron chi connectivity index (χ3n) is 4.64. The van der Waals surface area contributed by atoms with Crippen LogP contribution in [-0.4, -0.2) is 33.5 Å². The molecule has 3 rings (SSSR count). The minimum atomic E-state index is 0.0953. The lowest BCUT2D eigenvalue weighted by atomic mass is 9.78. The third kappa shape index (κ3) is 2.88. The summed E-state index contributed by atoms with van der Waals surface area (Å²) in [5.74, 6) is 8.76. The van der Waals surface area contributed by atoms with E-state index in [-0.39, 0.29) is 11.6 Å². The molecule has 2 unspecified atom stereocenters. The van der Waals surface area contributed by atoms with Crippen LogP contribution in [0, 0.1) is 5.92 Å². The van der Waals surface area contributed by atoms with Gasteiger partial charge in [0.05, 0.1) is 17.3 Å². The first-order valence-electron chi connectivity index (χ1n) is 7.40. The van der Waals surface area contributed by atoms with Gasteiger partial charge in [0.1, 0.15) is 0 Å². The number of ether oxygens (including phenoxy) is 1. The second-order valence-electron chi connectivity index (χ2n) is 5.96. The Morgan fingerprint density at radius 1 is 1.55 bits per heavy atom. The van der Waals surface area contributed by atoms with E-state index in [0.717, 1.165) is 25.1 Å². The summed E-state index contributed by atoms with van der Waals surface area (Å²) in [6.45, 7) is 0.848. The first-order chi connectivity index (χ1) is 9.72. The van der Waals surface area contributed by atoms with Crippen LogP contribution in [0.15, 0.2) is 12.3 Å². The predicted molar refractivity (Wildman–Crippen MR) is 81.2 cm³/mol. The maximum atomic E-state index is 6.16. The number of hydrogen-bond donors (Lipinski definition) is 2. The number of thioether (sulfide) groups is 1. The molecule has 5 nitrogen and oxygen atoms in total. The molecule has 1 spiro atoms. The molecule has 6 heteroatoms. The van der Waals surface area contributed by atoms with Gasteiger partial charge in [-0.1, -0.05) is 0 Å². The summed E-state index contributed by atoms with van der Waals surface area (Å²) >= 11 is 2.04. The van der Waals surface area contributed by atoms with E-state index in [1.165, 1.54) is 24.3 Å². The molecule has 2 aliphatic heterocycles. The average molecular weight is 296 g/mol. The van der Waals surface area contributed by atoms with E-state index in [0.29, 0.717) is 5.92 Å². The van der Waals surface area contributed by atoms with Crippen LogP contribution in [0.2, 0.25) is 0 Å². The van der Waals surface area contributed by atoms with Crippen molar-refractivity contribution in [2.24, 2.45) is 18.8 Å². The fourth-order valence-electron chi connectivity index (χ4n) is 3.50. The molecule has 3 heterocycles. The molecule has 0 saturated carbocycles. The molecule has 0 amide bonds. The van der Waals surface area contributed by atoms with Crippen molar-refractivity contribution in [3.05, 3.63) is 18.0 Å². The highest BCUT2D eigenvalue weighted by molar-refractivity contribution is 7.99. The zero-order chi connectivity index (χ0) is 14.0. The molecule has 2 saturated heterocycles. The molecule has 0 radical (unpaired) electrons. The maximum absolute atomic E-state index is 6.16. The Kier molecular flexibility index (Phi) is 4.35. The molecule has 3 N–H and O–H groups in total. The van der Waals surface area contributed by atoms with E-state index < -0.39 is 0 Å². The number of nitrogens with two attached hydrogens (primary N) is 1. The van der Waals surface area contributed by atoms with Crippen molar-refractivity contribution < 1.29 is 4.74 Å². The quantitative estimate of drug-likeness (QED) is 0.655. The molecule has 2 aliphatic rings. The SMILES string of the molecule is Cn1ccc(C(NN)C2CCOC3(CCSCC3)C2)n1. The van der Waals surface area contributed by atoms with Crippen molar-refractivity contribution in [1.82, 2.24) is 15.2 Å². The summed E-state index contributed by atoms with van der Waals surface area (Å²) in [5, 5.41) is 4.52. The largest absolute Gasteiger partial charge is 0.375 e. The summed E-state index contributed by atoms with van der Waals surface area (Å²) < 4.78 is 8.00. The van der Waals surface area contributed by atoms with Crippen LogP contribution in [0.25, 0.3) is 0 Å². The van der Waals surface area contributed by atoms with Crippen molar-refractivity contribution in [1.29, 1.82) is 0 Å². The molecule has 0 aliphatic carbocycles. The van der Waals surface area contributed by atoms with Crippen LogP contribution in [0.5, 0.6) is 0 Å². The summed E-state index contributed by atoms with van der Waals surface area (Å²) in [4.78, 5) is 0. The number of hydrogen-bond acceptors (Lipinski definition) is 5. The fourth-order valence-corrected chi connectivity index (χ4v) is 4.74. The van der Waals surface area contributed by atoms with Gasteiger partial charge in [0.15, 0.2) is 0 Å². The van der Waals surface area contributed by atoms with Gasteiger partial charge in [-0.05, 0) is 49.2 Å². The first kappa shape index (κ1) is 14.4. The lowest BCUT2D eigenvalue weighted by Gasteiger charge is -2.45. The number of rotatable bonds is 3. The van der Waals surface area contributed by atoms with Gasteiger partial charge in [0, 0.05) is 19.9 Å². The number of nitrogens with one attached hydrogen (secondary N) is 1. The van der Waals surface area contributed by atoms with Crippen LogP contribution in [0.4, 0.5) is 0 Å². The van der Waals surface area contributed by atoms with Gasteiger partial charge in [0.25, 0.3) is 0 Å². The molecule has 0 aromatic carbocycles. The molecule has 2 atom stereocenters. The maximum Gasteiger partial charge on any atom is 0.0810 e. The monoisotopic (exact) mass is 296 g/mol. The van der Waals surface area contributed by atoms with Crippen LogP contribution in [0.3, 0.4) is 0 Å². The Morgan fingerprint density at radius 2 is 2.35 bits per heavy atom. The van der Waals surface area contributed by atoms with Crippen molar-refractivity contribution >= 4 is 11.8 Å². The normalized spacial score (nSPS) is 27.6. The van der Waals surface area contributed by atoms with Crippen LogP contribution in [-0.2, 0) is 11.8 Å². The Bertz CT molecular complexity index is 439. The Hall–Kier alpha value is -0.560. The minimum Gasteiger partial charge on any atom is -0.375 e. The number of hydrazine groups is 1. The Balaban J connectivity index is 1.74. The first-order valence-corrected chi connectivity index (χ1v) is 8.55. The molecule has 2 fully saturated rings. The Morgan fingerprint density at radius 3 is 3.00 bits per heavy atom. The van der Waals surface area contributed by atoms with Crippen LogP contribution in [0.1, 0.15) is 37.4 Å². The van der Waals surface area contributed by atoms with Gasteiger partial charge in [-0.15, -0.1) is 0 Å². The summed E-state index contributed by atoms with van der Waals surface area (Å²) in [5.41, 5.74) is 4.13. The second kappa shape index (κ2) is 6.05. The average Bonchev–Trinajstić information content (AvgIpc) is 2.87. The molecule has 1 aromatic heterocycles.